The number of ether oxygens (including phenoxy) is 1. The summed E-state index contributed by atoms with van der Waals surface area (Å²) in [4.78, 5) is 11.0. The van der Waals surface area contributed by atoms with Gasteiger partial charge in [-0.25, -0.2) is 17.6 Å². The molecule has 0 amide bonds. The molecule has 0 atom stereocenters. The van der Waals surface area contributed by atoms with E-state index in [1.54, 1.807) is 0 Å². The molecule has 184 valence electrons. The number of piperidine rings is 1. The third-order valence-electron chi connectivity index (χ3n) is 6.21. The van der Waals surface area contributed by atoms with Crippen molar-refractivity contribution in [2.24, 2.45) is 5.92 Å². The van der Waals surface area contributed by atoms with Gasteiger partial charge in [0.2, 0.25) is 10.0 Å². The molecule has 0 bridgehead atoms. The Balaban J connectivity index is 1.37. The number of hydrogen-bond acceptors (Lipinski definition) is 4. The lowest BCUT2D eigenvalue weighted by Gasteiger charge is -2.31. The minimum absolute atomic E-state index is 0.00619. The molecular formula is C23H23F4NO5S. The van der Waals surface area contributed by atoms with Gasteiger partial charge in [-0.15, -0.1) is 0 Å². The van der Waals surface area contributed by atoms with Crippen molar-refractivity contribution in [2.75, 3.05) is 19.7 Å². The quantitative estimate of drug-likeness (QED) is 0.546. The lowest BCUT2D eigenvalue weighted by molar-refractivity contribution is -0.137. The molecule has 2 aliphatic rings. The second-order valence-corrected chi connectivity index (χ2v) is 10.6. The molecule has 2 aromatic carbocycles. The molecule has 1 aliphatic carbocycles. The van der Waals surface area contributed by atoms with Crippen LogP contribution in [0, 0.1) is 11.7 Å². The number of carboxylic acids is 1. The predicted molar refractivity (Wildman–Crippen MR) is 114 cm³/mol. The molecule has 0 spiro atoms. The van der Waals surface area contributed by atoms with Gasteiger partial charge in [0, 0.05) is 19.2 Å². The largest absolute Gasteiger partial charge is 0.493 e. The molecule has 4 rings (SSSR count). The summed E-state index contributed by atoms with van der Waals surface area (Å²) in [6, 6.07) is 5.84. The fraction of sp³-hybridized carbons (Fsp3) is 0.435. The lowest BCUT2D eigenvalue weighted by atomic mass is 9.99. The van der Waals surface area contributed by atoms with Crippen molar-refractivity contribution >= 4 is 16.0 Å². The Morgan fingerprint density at radius 2 is 1.68 bits per heavy atom. The van der Waals surface area contributed by atoms with E-state index in [0.29, 0.717) is 24.2 Å². The smallest absolute Gasteiger partial charge is 0.416 e. The number of nitrogens with zero attached hydrogens (tertiary/aromatic N) is 1. The Bertz CT molecular complexity index is 1170. The van der Waals surface area contributed by atoms with Crippen LogP contribution in [0.15, 0.2) is 41.3 Å². The summed E-state index contributed by atoms with van der Waals surface area (Å²) >= 11 is 0. The van der Waals surface area contributed by atoms with Crippen molar-refractivity contribution in [3.05, 3.63) is 58.9 Å². The summed E-state index contributed by atoms with van der Waals surface area (Å²) in [6.07, 6.45) is -1.86. The van der Waals surface area contributed by atoms with Gasteiger partial charge in [-0.2, -0.15) is 17.5 Å². The van der Waals surface area contributed by atoms with Crippen LogP contribution in [0.4, 0.5) is 17.6 Å². The zero-order chi connectivity index (χ0) is 24.7. The Morgan fingerprint density at radius 3 is 2.21 bits per heavy atom. The summed E-state index contributed by atoms with van der Waals surface area (Å²) in [5, 5.41) is 9.15. The lowest BCUT2D eigenvalue weighted by Crippen LogP contribution is -2.39. The Labute approximate surface area is 194 Å². The molecule has 0 unspecified atom stereocenters. The van der Waals surface area contributed by atoms with E-state index < -0.39 is 39.1 Å². The van der Waals surface area contributed by atoms with Crippen LogP contribution in [0.25, 0.3) is 0 Å². The van der Waals surface area contributed by atoms with Crippen LogP contribution in [-0.4, -0.2) is 43.5 Å². The average Bonchev–Trinajstić information content (AvgIpc) is 3.62. The minimum Gasteiger partial charge on any atom is -0.493 e. The van der Waals surface area contributed by atoms with Crippen LogP contribution in [0.3, 0.4) is 0 Å². The third-order valence-corrected chi connectivity index (χ3v) is 8.13. The maximum Gasteiger partial charge on any atom is 0.416 e. The molecule has 0 radical (unpaired) electrons. The van der Waals surface area contributed by atoms with Gasteiger partial charge in [0.1, 0.15) is 11.6 Å². The van der Waals surface area contributed by atoms with Crippen molar-refractivity contribution < 1.29 is 40.6 Å². The average molecular weight is 501 g/mol. The Morgan fingerprint density at radius 1 is 1.06 bits per heavy atom. The molecule has 34 heavy (non-hydrogen) atoms. The van der Waals surface area contributed by atoms with Crippen molar-refractivity contribution in [1.82, 2.24) is 4.31 Å². The highest BCUT2D eigenvalue weighted by Gasteiger charge is 2.34. The van der Waals surface area contributed by atoms with Gasteiger partial charge in [0.15, 0.2) is 0 Å². The molecule has 11 heteroatoms. The molecule has 2 aromatic rings. The van der Waals surface area contributed by atoms with E-state index in [4.69, 9.17) is 9.84 Å². The molecule has 6 nitrogen and oxygen atoms in total. The van der Waals surface area contributed by atoms with Gasteiger partial charge in [0.05, 0.1) is 22.6 Å². The monoisotopic (exact) mass is 501 g/mol. The highest BCUT2D eigenvalue weighted by molar-refractivity contribution is 7.89. The van der Waals surface area contributed by atoms with Crippen LogP contribution in [0.5, 0.6) is 5.75 Å². The minimum atomic E-state index is -4.54. The first-order chi connectivity index (χ1) is 16.0. The normalized spacial score (nSPS) is 18.1. The molecule has 1 heterocycles. The van der Waals surface area contributed by atoms with Gasteiger partial charge >= 0.3 is 12.1 Å². The Kier molecular flexibility index (Phi) is 6.61. The van der Waals surface area contributed by atoms with E-state index in [-0.39, 0.29) is 36.4 Å². The topological polar surface area (TPSA) is 83.9 Å². The van der Waals surface area contributed by atoms with E-state index in [9.17, 15) is 30.8 Å². The van der Waals surface area contributed by atoms with Crippen molar-refractivity contribution in [3.8, 4) is 5.75 Å². The van der Waals surface area contributed by atoms with Crippen molar-refractivity contribution in [2.45, 2.75) is 42.7 Å². The van der Waals surface area contributed by atoms with Gasteiger partial charge in [0.25, 0.3) is 0 Å². The van der Waals surface area contributed by atoms with Crippen LogP contribution < -0.4 is 4.74 Å². The number of alkyl halides is 3. The van der Waals surface area contributed by atoms with Crippen LogP contribution in [0.1, 0.15) is 53.1 Å². The van der Waals surface area contributed by atoms with Gasteiger partial charge in [-0.3, -0.25) is 0 Å². The number of carboxylic acid groups (broad SMARTS) is 1. The first-order valence-corrected chi connectivity index (χ1v) is 12.3. The zero-order valence-electron chi connectivity index (χ0n) is 18.0. The van der Waals surface area contributed by atoms with E-state index >= 15 is 0 Å². The number of halogens is 4. The zero-order valence-corrected chi connectivity index (χ0v) is 18.8. The van der Waals surface area contributed by atoms with Gasteiger partial charge in [-0.1, -0.05) is 0 Å². The number of aromatic carboxylic acids is 1. The van der Waals surface area contributed by atoms with Crippen molar-refractivity contribution in [1.29, 1.82) is 0 Å². The number of sulfonamides is 1. The first-order valence-electron chi connectivity index (χ1n) is 10.8. The molecule has 1 saturated carbocycles. The molecule has 1 aliphatic heterocycles. The number of carbonyl (C=O) groups is 1. The predicted octanol–water partition coefficient (Wildman–Crippen LogP) is 4.90. The Hall–Kier alpha value is -2.66. The fourth-order valence-corrected chi connectivity index (χ4v) is 5.53. The highest BCUT2D eigenvalue weighted by Crippen LogP contribution is 2.45. The number of rotatable bonds is 7. The summed E-state index contributed by atoms with van der Waals surface area (Å²) in [7, 11) is -3.92. The van der Waals surface area contributed by atoms with E-state index in [0.717, 1.165) is 43.2 Å². The molecular weight excluding hydrogens is 478 g/mol. The van der Waals surface area contributed by atoms with Crippen LogP contribution in [0.2, 0.25) is 0 Å². The van der Waals surface area contributed by atoms with Gasteiger partial charge in [-0.05, 0) is 73.4 Å². The molecule has 2 fully saturated rings. The van der Waals surface area contributed by atoms with E-state index in [1.807, 2.05) is 0 Å². The summed E-state index contributed by atoms with van der Waals surface area (Å²) in [5.74, 6) is -1.76. The fourth-order valence-electron chi connectivity index (χ4n) is 4.06. The second kappa shape index (κ2) is 9.18. The third kappa shape index (κ3) is 5.20. The second-order valence-electron chi connectivity index (χ2n) is 8.63. The summed E-state index contributed by atoms with van der Waals surface area (Å²) in [5.41, 5.74) is -0.641. The van der Waals surface area contributed by atoms with Gasteiger partial charge < -0.3 is 9.84 Å². The highest BCUT2D eigenvalue weighted by atomic mass is 32.2. The standard InChI is InChI=1S/C23H23F4NO5S/c24-20-12-21(18(15-1-2-15)11-19(20)22(29)30)33-13-14-7-9-28(10-8-14)34(31,32)17-5-3-16(4-6-17)23(25,26)27/h3-6,11-12,14-15H,1-2,7-10,13H2,(H,29,30). The van der Waals surface area contributed by atoms with Crippen molar-refractivity contribution in [3.63, 3.8) is 0 Å². The summed E-state index contributed by atoms with van der Waals surface area (Å²) in [6.45, 7) is 0.581. The number of hydrogen-bond donors (Lipinski definition) is 1. The van der Waals surface area contributed by atoms with E-state index in [1.165, 1.54) is 10.4 Å². The van der Waals surface area contributed by atoms with E-state index in [2.05, 4.69) is 0 Å². The molecule has 0 aromatic heterocycles. The molecule has 1 N–H and O–H groups in total. The maximum absolute atomic E-state index is 14.2. The first kappa shape index (κ1) is 24.5. The summed E-state index contributed by atoms with van der Waals surface area (Å²) < 4.78 is 85.1. The number of benzene rings is 2. The SMILES string of the molecule is O=C(O)c1cc(C2CC2)c(OCC2CCN(S(=O)(=O)c3ccc(C(F)(F)F)cc3)CC2)cc1F. The van der Waals surface area contributed by atoms with Crippen LogP contribution in [-0.2, 0) is 16.2 Å². The maximum atomic E-state index is 14.2. The molecule has 1 saturated heterocycles. The van der Waals surface area contributed by atoms with Crippen LogP contribution >= 0.6 is 0 Å².